The number of rotatable bonds is 4. The summed E-state index contributed by atoms with van der Waals surface area (Å²) in [5.41, 5.74) is 10.9. The second-order valence-corrected chi connectivity index (χ2v) is 5.14. The number of aromatic nitrogens is 1. The molecule has 2 nitrogen and oxygen atoms in total. The van der Waals surface area contributed by atoms with E-state index in [4.69, 9.17) is 5.73 Å². The summed E-state index contributed by atoms with van der Waals surface area (Å²) < 4.78 is 0. The van der Waals surface area contributed by atoms with Gasteiger partial charge in [0, 0.05) is 6.20 Å². The molecule has 2 N–H and O–H groups in total. The fourth-order valence-electron chi connectivity index (χ4n) is 2.46. The van der Waals surface area contributed by atoms with Crippen molar-refractivity contribution in [3.63, 3.8) is 0 Å². The maximum Gasteiger partial charge on any atom is 0.0726 e. The van der Waals surface area contributed by atoms with Crippen molar-refractivity contribution < 1.29 is 0 Å². The molecule has 2 heteroatoms. The molecule has 1 unspecified atom stereocenters. The molecule has 3 aromatic rings. The third kappa shape index (κ3) is 3.36. The minimum Gasteiger partial charge on any atom is -0.319 e. The average Bonchev–Trinajstić information content (AvgIpc) is 2.56. The van der Waals surface area contributed by atoms with Crippen LogP contribution in [0.15, 0.2) is 79.0 Å². The molecular formula is C19H18N2. The zero-order valence-corrected chi connectivity index (χ0v) is 11.8. The Morgan fingerprint density at radius 2 is 1.57 bits per heavy atom. The molecule has 0 aliphatic carbocycles. The zero-order chi connectivity index (χ0) is 14.5. The van der Waals surface area contributed by atoms with Gasteiger partial charge in [-0.15, -0.1) is 0 Å². The van der Waals surface area contributed by atoms with Crippen LogP contribution in [-0.4, -0.2) is 4.98 Å². The van der Waals surface area contributed by atoms with Gasteiger partial charge in [0.15, 0.2) is 0 Å². The van der Waals surface area contributed by atoms with Crippen LogP contribution in [0.1, 0.15) is 28.4 Å². The van der Waals surface area contributed by atoms with Gasteiger partial charge in [-0.25, -0.2) is 0 Å². The van der Waals surface area contributed by atoms with Gasteiger partial charge >= 0.3 is 0 Å². The van der Waals surface area contributed by atoms with Crippen LogP contribution in [0.25, 0.3) is 0 Å². The van der Waals surface area contributed by atoms with Gasteiger partial charge < -0.3 is 5.73 Å². The lowest BCUT2D eigenvalue weighted by atomic mass is 9.98. The largest absolute Gasteiger partial charge is 0.319 e. The summed E-state index contributed by atoms with van der Waals surface area (Å²) in [5, 5.41) is 0. The first-order chi connectivity index (χ1) is 10.3. The van der Waals surface area contributed by atoms with Crippen LogP contribution in [0.5, 0.6) is 0 Å². The Hall–Kier alpha value is -2.45. The van der Waals surface area contributed by atoms with Gasteiger partial charge in [-0.1, -0.05) is 60.7 Å². The molecule has 0 aliphatic rings. The van der Waals surface area contributed by atoms with Gasteiger partial charge in [0.2, 0.25) is 0 Å². The summed E-state index contributed by atoms with van der Waals surface area (Å²) in [7, 11) is 0. The van der Waals surface area contributed by atoms with Crippen LogP contribution in [0.3, 0.4) is 0 Å². The quantitative estimate of drug-likeness (QED) is 0.787. The Bertz CT molecular complexity index is 693. The van der Waals surface area contributed by atoms with Gasteiger partial charge in [0.25, 0.3) is 0 Å². The summed E-state index contributed by atoms with van der Waals surface area (Å²) in [6.07, 6.45) is 2.70. The first-order valence-electron chi connectivity index (χ1n) is 7.12. The molecule has 0 bridgehead atoms. The Kier molecular flexibility index (Phi) is 4.08. The molecule has 0 aliphatic heterocycles. The third-order valence-corrected chi connectivity index (χ3v) is 3.57. The standard InChI is InChI=1S/C19H18N2/c20-19(18-11-4-5-12-21-18)17-10-6-9-16(14-17)13-15-7-2-1-3-8-15/h1-12,14,19H,13,20H2. The second-order valence-electron chi connectivity index (χ2n) is 5.14. The molecule has 3 rings (SSSR count). The van der Waals surface area contributed by atoms with E-state index in [9.17, 15) is 0 Å². The number of hydrogen-bond acceptors (Lipinski definition) is 2. The maximum absolute atomic E-state index is 6.32. The highest BCUT2D eigenvalue weighted by Crippen LogP contribution is 2.20. The van der Waals surface area contributed by atoms with E-state index in [0.717, 1.165) is 17.7 Å². The zero-order valence-electron chi connectivity index (χ0n) is 11.8. The highest BCUT2D eigenvalue weighted by Gasteiger charge is 2.10. The SMILES string of the molecule is NC(c1cccc(Cc2ccccc2)c1)c1ccccn1. The summed E-state index contributed by atoms with van der Waals surface area (Å²) in [6.45, 7) is 0. The van der Waals surface area contributed by atoms with E-state index in [0.29, 0.717) is 0 Å². The molecule has 1 atom stereocenters. The van der Waals surface area contributed by atoms with Gasteiger partial charge in [-0.2, -0.15) is 0 Å². The first-order valence-corrected chi connectivity index (χ1v) is 7.12. The van der Waals surface area contributed by atoms with E-state index in [-0.39, 0.29) is 6.04 Å². The van der Waals surface area contributed by atoms with Crippen LogP contribution in [-0.2, 0) is 6.42 Å². The summed E-state index contributed by atoms with van der Waals surface area (Å²) in [6, 6.07) is 24.6. The fraction of sp³-hybridized carbons (Fsp3) is 0.105. The van der Waals surface area contributed by atoms with Crippen LogP contribution >= 0.6 is 0 Å². The molecule has 0 spiro atoms. The van der Waals surface area contributed by atoms with Crippen molar-refractivity contribution in [3.05, 3.63) is 101 Å². The third-order valence-electron chi connectivity index (χ3n) is 3.57. The molecule has 104 valence electrons. The lowest BCUT2D eigenvalue weighted by molar-refractivity contribution is 0.826. The Balaban J connectivity index is 1.83. The number of benzene rings is 2. The molecule has 0 fully saturated rings. The van der Waals surface area contributed by atoms with E-state index < -0.39 is 0 Å². The van der Waals surface area contributed by atoms with E-state index in [1.54, 1.807) is 6.20 Å². The maximum atomic E-state index is 6.32. The normalized spacial score (nSPS) is 12.0. The topological polar surface area (TPSA) is 38.9 Å². The molecule has 1 heterocycles. The van der Waals surface area contributed by atoms with Crippen molar-refractivity contribution in [2.75, 3.05) is 0 Å². The second kappa shape index (κ2) is 6.33. The van der Waals surface area contributed by atoms with Gasteiger partial charge in [0.05, 0.1) is 11.7 Å². The predicted molar refractivity (Wildman–Crippen MR) is 86.0 cm³/mol. The molecule has 0 amide bonds. The number of nitrogens with zero attached hydrogens (tertiary/aromatic N) is 1. The molecule has 0 saturated carbocycles. The van der Waals surface area contributed by atoms with Crippen molar-refractivity contribution >= 4 is 0 Å². The fourth-order valence-corrected chi connectivity index (χ4v) is 2.46. The minimum atomic E-state index is -0.179. The summed E-state index contributed by atoms with van der Waals surface area (Å²) in [4.78, 5) is 4.34. The number of pyridine rings is 1. The molecule has 0 saturated heterocycles. The van der Waals surface area contributed by atoms with E-state index in [1.165, 1.54) is 11.1 Å². The van der Waals surface area contributed by atoms with Crippen molar-refractivity contribution in [3.8, 4) is 0 Å². The Morgan fingerprint density at radius 1 is 0.810 bits per heavy atom. The van der Waals surface area contributed by atoms with Crippen LogP contribution in [0, 0.1) is 0 Å². The highest BCUT2D eigenvalue weighted by molar-refractivity contribution is 5.34. The van der Waals surface area contributed by atoms with E-state index >= 15 is 0 Å². The van der Waals surface area contributed by atoms with E-state index in [2.05, 4.69) is 53.5 Å². The van der Waals surface area contributed by atoms with Crippen molar-refractivity contribution in [1.29, 1.82) is 0 Å². The molecule has 0 radical (unpaired) electrons. The molecule has 2 aromatic carbocycles. The van der Waals surface area contributed by atoms with Crippen molar-refractivity contribution in [1.82, 2.24) is 4.98 Å². The molecule has 1 aromatic heterocycles. The Morgan fingerprint density at radius 3 is 2.33 bits per heavy atom. The molecule has 21 heavy (non-hydrogen) atoms. The molecular weight excluding hydrogens is 256 g/mol. The van der Waals surface area contributed by atoms with Gasteiger partial charge in [-0.05, 0) is 35.2 Å². The van der Waals surface area contributed by atoms with Crippen LogP contribution < -0.4 is 5.73 Å². The monoisotopic (exact) mass is 274 g/mol. The van der Waals surface area contributed by atoms with Crippen molar-refractivity contribution in [2.45, 2.75) is 12.5 Å². The van der Waals surface area contributed by atoms with Crippen LogP contribution in [0.4, 0.5) is 0 Å². The summed E-state index contributed by atoms with van der Waals surface area (Å²) >= 11 is 0. The highest BCUT2D eigenvalue weighted by atomic mass is 14.8. The lowest BCUT2D eigenvalue weighted by Gasteiger charge is -2.13. The van der Waals surface area contributed by atoms with Crippen molar-refractivity contribution in [2.24, 2.45) is 5.73 Å². The Labute approximate surface area is 125 Å². The average molecular weight is 274 g/mol. The number of hydrogen-bond donors (Lipinski definition) is 1. The van der Waals surface area contributed by atoms with Gasteiger partial charge in [0.1, 0.15) is 0 Å². The van der Waals surface area contributed by atoms with E-state index in [1.807, 2.05) is 24.3 Å². The smallest absolute Gasteiger partial charge is 0.0726 e. The van der Waals surface area contributed by atoms with Gasteiger partial charge in [-0.3, -0.25) is 4.98 Å². The lowest BCUT2D eigenvalue weighted by Crippen LogP contribution is -2.13. The van der Waals surface area contributed by atoms with Crippen LogP contribution in [0.2, 0.25) is 0 Å². The summed E-state index contributed by atoms with van der Waals surface area (Å²) in [5.74, 6) is 0. The number of nitrogens with two attached hydrogens (primary N) is 1. The predicted octanol–water partition coefficient (Wildman–Crippen LogP) is 3.72. The first kappa shape index (κ1) is 13.5. The minimum absolute atomic E-state index is 0.179.